The first kappa shape index (κ1) is 11.3. The number of aromatic nitrogens is 1. The standard InChI is InChI=1S/C11H6N2O3.ClH/c14-9-3-7(11(15)13-9)8-5-12-4-6-1-2-16-10(6)8;/h1-5H,(H,13,14,15);1H. The number of carbonyl (C=O) groups excluding carboxylic acids is 2. The van der Waals surface area contributed by atoms with Crippen molar-refractivity contribution in [3.8, 4) is 0 Å². The van der Waals surface area contributed by atoms with Crippen molar-refractivity contribution in [2.75, 3.05) is 0 Å². The zero-order chi connectivity index (χ0) is 11.1. The second kappa shape index (κ2) is 4.03. The van der Waals surface area contributed by atoms with Crippen molar-refractivity contribution in [3.63, 3.8) is 0 Å². The molecule has 0 atom stereocenters. The van der Waals surface area contributed by atoms with E-state index in [4.69, 9.17) is 4.42 Å². The van der Waals surface area contributed by atoms with E-state index < -0.39 is 11.8 Å². The Kier molecular flexibility index (Phi) is 2.69. The van der Waals surface area contributed by atoms with E-state index in [0.29, 0.717) is 11.1 Å². The lowest BCUT2D eigenvalue weighted by molar-refractivity contribution is -0.123. The Morgan fingerprint density at radius 2 is 2.06 bits per heavy atom. The molecule has 3 heterocycles. The summed E-state index contributed by atoms with van der Waals surface area (Å²) in [5, 5.41) is 2.98. The summed E-state index contributed by atoms with van der Waals surface area (Å²) in [5.74, 6) is -0.834. The average molecular weight is 251 g/mol. The fourth-order valence-electron chi connectivity index (χ4n) is 1.69. The van der Waals surface area contributed by atoms with Gasteiger partial charge in [-0.3, -0.25) is 19.9 Å². The van der Waals surface area contributed by atoms with E-state index in [0.717, 1.165) is 5.39 Å². The molecule has 1 aliphatic heterocycles. The monoisotopic (exact) mass is 250 g/mol. The van der Waals surface area contributed by atoms with Crippen LogP contribution >= 0.6 is 12.4 Å². The summed E-state index contributed by atoms with van der Waals surface area (Å²) >= 11 is 0. The van der Waals surface area contributed by atoms with Gasteiger partial charge in [-0.2, -0.15) is 0 Å². The molecular formula is C11H7ClN2O3. The number of hydrogen-bond donors (Lipinski definition) is 1. The van der Waals surface area contributed by atoms with Crippen molar-refractivity contribution in [3.05, 3.63) is 36.4 Å². The maximum atomic E-state index is 11.5. The maximum Gasteiger partial charge on any atom is 0.259 e. The molecule has 2 amide bonds. The van der Waals surface area contributed by atoms with Gasteiger partial charge in [0.15, 0.2) is 0 Å². The van der Waals surface area contributed by atoms with Crippen molar-refractivity contribution in [1.82, 2.24) is 10.3 Å². The Morgan fingerprint density at radius 1 is 1.24 bits per heavy atom. The molecule has 0 spiro atoms. The summed E-state index contributed by atoms with van der Waals surface area (Å²) in [7, 11) is 0. The molecule has 2 aromatic heterocycles. The first-order valence-corrected chi connectivity index (χ1v) is 4.64. The number of carbonyl (C=O) groups is 2. The molecule has 6 heteroatoms. The number of amides is 2. The van der Waals surface area contributed by atoms with Crippen LogP contribution in [0, 0.1) is 0 Å². The van der Waals surface area contributed by atoms with E-state index >= 15 is 0 Å². The molecule has 1 N–H and O–H groups in total. The SMILES string of the molecule is Cl.O=C1C=C(c2cncc3ccoc23)C(=O)N1. The van der Waals surface area contributed by atoms with Gasteiger partial charge in [-0.1, -0.05) is 0 Å². The Morgan fingerprint density at radius 3 is 2.76 bits per heavy atom. The normalized spacial score (nSPS) is 14.5. The number of halogens is 1. The van der Waals surface area contributed by atoms with E-state index in [9.17, 15) is 9.59 Å². The zero-order valence-electron chi connectivity index (χ0n) is 8.47. The molecule has 1 aliphatic rings. The lowest BCUT2D eigenvalue weighted by Gasteiger charge is -1.99. The Hall–Kier alpha value is -2.14. The Balaban J connectivity index is 0.00000108. The highest BCUT2D eigenvalue weighted by molar-refractivity contribution is 6.34. The minimum absolute atomic E-state index is 0. The van der Waals surface area contributed by atoms with Crippen LogP contribution in [0.5, 0.6) is 0 Å². The van der Waals surface area contributed by atoms with Gasteiger partial charge < -0.3 is 4.42 Å². The van der Waals surface area contributed by atoms with Crippen LogP contribution in [0.4, 0.5) is 0 Å². The van der Waals surface area contributed by atoms with E-state index in [2.05, 4.69) is 10.3 Å². The third kappa shape index (κ3) is 1.70. The predicted molar refractivity (Wildman–Crippen MR) is 62.4 cm³/mol. The van der Waals surface area contributed by atoms with Gasteiger partial charge in [-0.15, -0.1) is 12.4 Å². The van der Waals surface area contributed by atoms with Gasteiger partial charge >= 0.3 is 0 Å². The van der Waals surface area contributed by atoms with E-state index in [1.165, 1.54) is 18.5 Å². The highest BCUT2D eigenvalue weighted by Gasteiger charge is 2.24. The number of nitrogens with zero attached hydrogens (tertiary/aromatic N) is 1. The summed E-state index contributed by atoms with van der Waals surface area (Å²) in [6.07, 6.45) is 5.92. The third-order valence-corrected chi connectivity index (χ3v) is 2.40. The van der Waals surface area contributed by atoms with Crippen LogP contribution in [0.2, 0.25) is 0 Å². The number of furan rings is 1. The van der Waals surface area contributed by atoms with Crippen LogP contribution in [-0.4, -0.2) is 16.8 Å². The summed E-state index contributed by atoms with van der Waals surface area (Å²) in [4.78, 5) is 26.5. The number of fused-ring (bicyclic) bond motifs is 1. The molecule has 5 nitrogen and oxygen atoms in total. The molecule has 0 unspecified atom stereocenters. The van der Waals surface area contributed by atoms with Crippen molar-refractivity contribution in [2.24, 2.45) is 0 Å². The smallest absolute Gasteiger partial charge is 0.259 e. The van der Waals surface area contributed by atoms with Gasteiger partial charge in [0, 0.05) is 29.4 Å². The lowest BCUT2D eigenvalue weighted by Crippen LogP contribution is -2.21. The highest BCUT2D eigenvalue weighted by Crippen LogP contribution is 2.26. The van der Waals surface area contributed by atoms with Gasteiger partial charge in [0.05, 0.1) is 11.8 Å². The van der Waals surface area contributed by atoms with E-state index in [-0.39, 0.29) is 18.0 Å². The van der Waals surface area contributed by atoms with Gasteiger partial charge in [-0.25, -0.2) is 0 Å². The molecule has 17 heavy (non-hydrogen) atoms. The molecule has 0 saturated heterocycles. The Bertz CT molecular complexity index is 645. The second-order valence-corrected chi connectivity index (χ2v) is 3.40. The van der Waals surface area contributed by atoms with Crippen molar-refractivity contribution in [1.29, 1.82) is 0 Å². The first-order valence-electron chi connectivity index (χ1n) is 4.64. The lowest BCUT2D eigenvalue weighted by atomic mass is 10.1. The molecule has 0 saturated carbocycles. The van der Waals surface area contributed by atoms with Crippen molar-refractivity contribution >= 4 is 40.8 Å². The van der Waals surface area contributed by atoms with E-state index in [1.807, 2.05) is 0 Å². The predicted octanol–water partition coefficient (Wildman–Crippen LogP) is 1.29. The summed E-state index contributed by atoms with van der Waals surface area (Å²) < 4.78 is 5.27. The summed E-state index contributed by atoms with van der Waals surface area (Å²) in [6.45, 7) is 0. The fourth-order valence-corrected chi connectivity index (χ4v) is 1.69. The summed E-state index contributed by atoms with van der Waals surface area (Å²) in [6, 6.07) is 1.75. The van der Waals surface area contributed by atoms with Gasteiger partial charge in [0.25, 0.3) is 11.8 Å². The van der Waals surface area contributed by atoms with Crippen LogP contribution in [0.15, 0.2) is 35.2 Å². The molecule has 0 aliphatic carbocycles. The van der Waals surface area contributed by atoms with Crippen LogP contribution < -0.4 is 5.32 Å². The fraction of sp³-hybridized carbons (Fsp3) is 0. The van der Waals surface area contributed by atoms with Crippen molar-refractivity contribution < 1.29 is 14.0 Å². The number of hydrogen-bond acceptors (Lipinski definition) is 4. The molecule has 86 valence electrons. The molecule has 0 fully saturated rings. The number of pyridine rings is 1. The van der Waals surface area contributed by atoms with E-state index in [1.54, 1.807) is 12.3 Å². The zero-order valence-corrected chi connectivity index (χ0v) is 9.28. The first-order chi connectivity index (χ1) is 7.75. The molecule has 0 radical (unpaired) electrons. The van der Waals surface area contributed by atoms with Gasteiger partial charge in [0.1, 0.15) is 5.58 Å². The largest absolute Gasteiger partial charge is 0.464 e. The van der Waals surface area contributed by atoms with Gasteiger partial charge in [-0.05, 0) is 6.07 Å². The van der Waals surface area contributed by atoms with Crippen LogP contribution in [0.3, 0.4) is 0 Å². The van der Waals surface area contributed by atoms with Gasteiger partial charge in [0.2, 0.25) is 0 Å². The second-order valence-electron chi connectivity index (χ2n) is 3.40. The highest BCUT2D eigenvalue weighted by atomic mass is 35.5. The molecule has 2 aromatic rings. The topological polar surface area (TPSA) is 72.2 Å². The number of imide groups is 1. The Labute approximate surface area is 102 Å². The summed E-state index contributed by atoms with van der Waals surface area (Å²) in [5.41, 5.74) is 1.38. The third-order valence-electron chi connectivity index (χ3n) is 2.40. The van der Waals surface area contributed by atoms with Crippen LogP contribution in [0.25, 0.3) is 16.5 Å². The minimum Gasteiger partial charge on any atom is -0.464 e. The molecule has 0 aromatic carbocycles. The van der Waals surface area contributed by atoms with Crippen LogP contribution in [-0.2, 0) is 9.59 Å². The maximum absolute atomic E-state index is 11.5. The molecule has 0 bridgehead atoms. The van der Waals surface area contributed by atoms with Crippen LogP contribution in [0.1, 0.15) is 5.56 Å². The number of nitrogens with one attached hydrogen (secondary N) is 1. The molecule has 3 rings (SSSR count). The molecular weight excluding hydrogens is 244 g/mol. The average Bonchev–Trinajstić information content (AvgIpc) is 2.84. The number of rotatable bonds is 1. The quantitative estimate of drug-likeness (QED) is 0.774. The van der Waals surface area contributed by atoms with Crippen molar-refractivity contribution in [2.45, 2.75) is 0 Å². The minimum atomic E-state index is -0.421.